The molecule has 0 aliphatic carbocycles. The molecular weight excluding hydrogens is 580 g/mol. The molecule has 1 saturated heterocycles. The number of phenolic OH excluding ortho intramolecular Hbond substituents is 6. The van der Waals surface area contributed by atoms with Gasteiger partial charge in [-0.1, -0.05) is 0 Å². The highest BCUT2D eigenvalue weighted by atomic mass is 16.7. The van der Waals surface area contributed by atoms with Gasteiger partial charge in [-0.2, -0.15) is 0 Å². The van der Waals surface area contributed by atoms with E-state index < -0.39 is 105 Å². The van der Waals surface area contributed by atoms with Crippen molar-refractivity contribution in [3.8, 4) is 40.2 Å². The smallest absolute Gasteiger partial charge is 0.344 e. The summed E-state index contributed by atoms with van der Waals surface area (Å²) in [4.78, 5) is 38.1. The fourth-order valence-corrected chi connectivity index (χ4v) is 4.97. The van der Waals surface area contributed by atoms with Crippen LogP contribution in [-0.4, -0.2) is 77.5 Å². The first-order valence-corrected chi connectivity index (χ1v) is 12.4. The Kier molecular flexibility index (Phi) is 6.15. The molecule has 6 rings (SSSR count). The molecule has 0 bridgehead atoms. The highest BCUT2D eigenvalue weighted by molar-refractivity contribution is 6.22. The zero-order chi connectivity index (χ0) is 31.1. The van der Waals surface area contributed by atoms with Crippen LogP contribution in [0.15, 0.2) is 42.7 Å². The zero-order valence-electron chi connectivity index (χ0n) is 21.5. The van der Waals surface area contributed by atoms with Crippen LogP contribution < -0.4 is 16.0 Å². The van der Waals surface area contributed by atoms with Crippen molar-refractivity contribution in [3.05, 3.63) is 50.7 Å². The number of aliphatic hydroxyl groups is 2. The molecule has 1 aliphatic heterocycles. The summed E-state index contributed by atoms with van der Waals surface area (Å²) >= 11 is 0. The third kappa shape index (κ3) is 4.15. The first-order chi connectivity index (χ1) is 20.3. The number of rotatable bonds is 4. The van der Waals surface area contributed by atoms with E-state index in [-0.39, 0.29) is 21.5 Å². The fraction of sp³-hybridized carbons (Fsp3) is 0.222. The van der Waals surface area contributed by atoms with Crippen LogP contribution in [0.1, 0.15) is 17.3 Å². The maximum atomic E-state index is 12.8. The number of carbonyl (C=O) groups is 1. The number of hydrogen-bond acceptors (Lipinski definition) is 16. The Hall–Kier alpha value is -5.45. The Bertz CT molecular complexity index is 2040. The van der Waals surface area contributed by atoms with Crippen LogP contribution in [-0.2, 0) is 9.47 Å². The summed E-state index contributed by atoms with van der Waals surface area (Å²) in [6, 6.07) is 3.48. The Labute approximate surface area is 236 Å². The van der Waals surface area contributed by atoms with Crippen molar-refractivity contribution in [2.45, 2.75) is 37.6 Å². The number of hydrogen-bond donors (Lipinski definition) is 8. The molecule has 8 N–H and O–H groups in total. The molecule has 5 unspecified atom stereocenters. The zero-order valence-corrected chi connectivity index (χ0v) is 21.5. The van der Waals surface area contributed by atoms with E-state index in [2.05, 4.69) is 0 Å². The fourth-order valence-electron chi connectivity index (χ4n) is 4.97. The molecule has 0 saturated carbocycles. The van der Waals surface area contributed by atoms with Crippen molar-refractivity contribution in [3.63, 3.8) is 0 Å². The van der Waals surface area contributed by atoms with E-state index in [1.54, 1.807) is 0 Å². The molecule has 5 atom stereocenters. The molecule has 1 fully saturated rings. The summed E-state index contributed by atoms with van der Waals surface area (Å²) in [5, 5.41) is 80.5. The van der Waals surface area contributed by atoms with Crippen molar-refractivity contribution in [1.82, 2.24) is 0 Å². The first-order valence-electron chi connectivity index (χ1n) is 12.4. The van der Waals surface area contributed by atoms with Crippen LogP contribution in [0.2, 0.25) is 0 Å². The molecule has 5 aromatic rings. The molecule has 16 heteroatoms. The van der Waals surface area contributed by atoms with E-state index in [4.69, 9.17) is 23.0 Å². The normalized spacial score (nSPS) is 22.3. The van der Waals surface area contributed by atoms with Gasteiger partial charge in [-0.05, 0) is 31.2 Å². The van der Waals surface area contributed by atoms with E-state index in [9.17, 15) is 55.2 Å². The van der Waals surface area contributed by atoms with Gasteiger partial charge >= 0.3 is 17.2 Å². The molecule has 1 aliphatic rings. The third-order valence-electron chi connectivity index (χ3n) is 7.10. The van der Waals surface area contributed by atoms with Gasteiger partial charge in [-0.15, -0.1) is 0 Å². The molecule has 224 valence electrons. The molecule has 3 aromatic carbocycles. The Balaban J connectivity index is 1.33. The summed E-state index contributed by atoms with van der Waals surface area (Å²) < 4.78 is 26.6. The van der Waals surface area contributed by atoms with Crippen molar-refractivity contribution in [2.24, 2.45) is 0 Å². The molecular formula is C27H20O16. The van der Waals surface area contributed by atoms with Gasteiger partial charge in [0, 0.05) is 10.8 Å². The van der Waals surface area contributed by atoms with Gasteiger partial charge < -0.3 is 63.9 Å². The summed E-state index contributed by atoms with van der Waals surface area (Å²) in [5.41, 5.74) is -3.65. The number of carbonyl (C=O) groups excluding carboxylic acids is 1. The van der Waals surface area contributed by atoms with Crippen LogP contribution in [0, 0.1) is 0 Å². The van der Waals surface area contributed by atoms with Gasteiger partial charge in [0.2, 0.25) is 17.8 Å². The summed E-state index contributed by atoms with van der Waals surface area (Å²) in [5.74, 6) is -6.63. The largest absolute Gasteiger partial charge is 0.504 e. The molecule has 43 heavy (non-hydrogen) atoms. The maximum Gasteiger partial charge on any atom is 0.344 e. The molecule has 0 radical (unpaired) electrons. The second-order valence-electron chi connectivity index (χ2n) is 9.79. The summed E-state index contributed by atoms with van der Waals surface area (Å²) in [7, 11) is 0. The third-order valence-corrected chi connectivity index (χ3v) is 7.10. The number of benzene rings is 3. The van der Waals surface area contributed by atoms with Crippen molar-refractivity contribution < 1.29 is 68.7 Å². The minimum Gasteiger partial charge on any atom is -0.504 e. The van der Waals surface area contributed by atoms with Crippen molar-refractivity contribution in [2.75, 3.05) is 0 Å². The van der Waals surface area contributed by atoms with E-state index in [0.717, 1.165) is 24.3 Å². The highest BCUT2D eigenvalue weighted by Gasteiger charge is 2.46. The monoisotopic (exact) mass is 600 g/mol. The maximum absolute atomic E-state index is 12.8. The Morgan fingerprint density at radius 3 is 1.88 bits per heavy atom. The quantitative estimate of drug-likeness (QED) is 0.0613. The number of ether oxygens (including phenoxy) is 3. The average molecular weight is 600 g/mol. The first kappa shape index (κ1) is 27.7. The number of aromatic hydroxyl groups is 6. The highest BCUT2D eigenvalue weighted by Crippen LogP contribution is 2.45. The Morgan fingerprint density at radius 1 is 0.744 bits per heavy atom. The second kappa shape index (κ2) is 9.55. The van der Waals surface area contributed by atoms with Crippen molar-refractivity contribution in [1.29, 1.82) is 0 Å². The van der Waals surface area contributed by atoms with Gasteiger partial charge in [-0.25, -0.2) is 14.4 Å². The van der Waals surface area contributed by atoms with Gasteiger partial charge in [0.25, 0.3) is 0 Å². The lowest BCUT2D eigenvalue weighted by Gasteiger charge is -2.40. The van der Waals surface area contributed by atoms with Crippen LogP contribution in [0.4, 0.5) is 0 Å². The van der Waals surface area contributed by atoms with E-state index in [1.807, 2.05) is 0 Å². The second-order valence-corrected chi connectivity index (χ2v) is 9.79. The Morgan fingerprint density at radius 2 is 1.28 bits per heavy atom. The molecule has 16 nitrogen and oxygen atoms in total. The number of aliphatic hydroxyl groups excluding tert-OH is 2. The minimum atomic E-state index is -1.94. The van der Waals surface area contributed by atoms with Crippen LogP contribution in [0.3, 0.4) is 0 Å². The number of phenols is 6. The van der Waals surface area contributed by atoms with E-state index >= 15 is 0 Å². The molecule has 2 aromatic heterocycles. The molecule has 0 amide bonds. The molecule has 3 heterocycles. The van der Waals surface area contributed by atoms with Crippen molar-refractivity contribution >= 4 is 38.7 Å². The van der Waals surface area contributed by atoms with Crippen LogP contribution >= 0.6 is 0 Å². The lowest BCUT2D eigenvalue weighted by molar-refractivity contribution is -0.267. The summed E-state index contributed by atoms with van der Waals surface area (Å²) in [6.07, 6.45) is -8.25. The standard InChI is InChI=1S/C27H20O16/c1-6-21(41-24(36)7-2-10(28)16(31)11(29)3-7)19(34)20(35)27(39-6)40-13-5-9-15-14-8(25(37)43-23(15)18(13)33)4-12(30)17(32)22(14)42-26(9)38/h2-6,19-21,27-35H,1H3. The topological polar surface area (TPSA) is 267 Å². The lowest BCUT2D eigenvalue weighted by Crippen LogP contribution is -2.59. The van der Waals surface area contributed by atoms with Gasteiger partial charge in [0.05, 0.1) is 22.4 Å². The minimum absolute atomic E-state index is 0.129. The predicted molar refractivity (Wildman–Crippen MR) is 140 cm³/mol. The van der Waals surface area contributed by atoms with Gasteiger partial charge in [0.15, 0.2) is 46.0 Å². The van der Waals surface area contributed by atoms with Crippen LogP contribution in [0.5, 0.6) is 40.2 Å². The average Bonchev–Trinajstić information content (AvgIpc) is 2.96. The predicted octanol–water partition coefficient (Wildman–Crippen LogP) is 0.795. The lowest BCUT2D eigenvalue weighted by atomic mass is 9.99. The number of esters is 1. The summed E-state index contributed by atoms with van der Waals surface area (Å²) in [6.45, 7) is 1.34. The van der Waals surface area contributed by atoms with Gasteiger partial charge in [-0.3, -0.25) is 0 Å². The van der Waals surface area contributed by atoms with E-state index in [1.165, 1.54) is 6.92 Å². The van der Waals surface area contributed by atoms with E-state index in [0.29, 0.717) is 0 Å². The van der Waals surface area contributed by atoms with Crippen LogP contribution in [0.25, 0.3) is 32.7 Å². The SMILES string of the molecule is CC1OC(Oc2cc3c(=O)oc4c(O)c(O)cc5c(=O)oc(c2O)c3c45)C(O)C(O)C1OC(=O)c1cc(O)c(O)c(O)c1. The van der Waals surface area contributed by atoms with Gasteiger partial charge in [0.1, 0.15) is 12.2 Å². The molecule has 0 spiro atoms.